The van der Waals surface area contributed by atoms with Gasteiger partial charge in [0, 0.05) is 24.9 Å². The summed E-state index contributed by atoms with van der Waals surface area (Å²) in [6, 6.07) is 12.7. The lowest BCUT2D eigenvalue weighted by atomic mass is 10.1. The molecule has 4 aromatic rings. The zero-order valence-corrected chi connectivity index (χ0v) is 34.2. The number of halogens is 2. The maximum atomic E-state index is 15.5. The molecular formula is C42H52ClFN7O6P. The summed E-state index contributed by atoms with van der Waals surface area (Å²) >= 11 is 5.97. The molecule has 13 nitrogen and oxygen atoms in total. The third kappa shape index (κ3) is 13.2. The largest absolute Gasteiger partial charge is 0.458 e. The Morgan fingerprint density at radius 2 is 1.66 bits per heavy atom. The predicted octanol–water partition coefficient (Wildman–Crippen LogP) is 8.64. The Bertz CT molecular complexity index is 2140. The van der Waals surface area contributed by atoms with Crippen LogP contribution in [0.15, 0.2) is 110 Å². The van der Waals surface area contributed by atoms with Crippen molar-refractivity contribution >= 4 is 53.0 Å². The van der Waals surface area contributed by atoms with Gasteiger partial charge in [0.1, 0.15) is 23.5 Å². The molecule has 5 atom stereocenters. The van der Waals surface area contributed by atoms with Crippen molar-refractivity contribution in [3.8, 4) is 5.75 Å². The average molecular weight is 836 g/mol. The number of allylic oxidation sites excluding steroid dienone is 10. The van der Waals surface area contributed by atoms with Crippen LogP contribution in [0.25, 0.3) is 21.9 Å². The number of aliphatic hydroxyl groups is 1. The standard InChI is InChI=1S/C42H52ClFN7O6P/c1-2-3-4-5-6-7-8-9-10-11-12-13-14-15-16-17-18-26-35(52)46-27-28-48-58(54,57-33-25-21-23-31-22-19-20-24-32(31)33)55-29-34-38(53)36(44)41(56-34)51-30-47-37-39(45)49-42(43)50-40(37)51/h3-4,6-7,9-10,12-13,15-16,19-25,30,34,36,38,41,53H,2,5,8,11,14,17-18,26-29H2,1H3,(H,46,52)(H,48,54)(H2,45,49,50)/b4-3+,7-6-,10-9-,13-12-,16-15-/t34-,36+,38-,41-,58?/m1/s1. The summed E-state index contributed by atoms with van der Waals surface area (Å²) < 4.78 is 48.7. The van der Waals surface area contributed by atoms with Crippen molar-refractivity contribution in [1.82, 2.24) is 29.9 Å². The zero-order chi connectivity index (χ0) is 41.2. The summed E-state index contributed by atoms with van der Waals surface area (Å²) in [5.74, 6) is 0.126. The molecule has 0 aliphatic carbocycles. The van der Waals surface area contributed by atoms with Crippen molar-refractivity contribution in [2.45, 2.75) is 82.9 Å². The van der Waals surface area contributed by atoms with Crippen LogP contribution in [0.4, 0.5) is 10.2 Å². The number of nitrogens with two attached hydrogens (primary N) is 1. The van der Waals surface area contributed by atoms with Crippen molar-refractivity contribution in [2.75, 3.05) is 25.4 Å². The van der Waals surface area contributed by atoms with Gasteiger partial charge in [0.15, 0.2) is 23.9 Å². The molecule has 1 aliphatic heterocycles. The van der Waals surface area contributed by atoms with Crippen LogP contribution >= 0.6 is 19.3 Å². The normalized spacial score (nSPS) is 19.9. The summed E-state index contributed by atoms with van der Waals surface area (Å²) in [4.78, 5) is 24.6. The highest BCUT2D eigenvalue weighted by Crippen LogP contribution is 2.47. The van der Waals surface area contributed by atoms with E-state index in [1.165, 1.54) is 10.9 Å². The highest BCUT2D eigenvalue weighted by atomic mass is 35.5. The topological polar surface area (TPSA) is 176 Å². The van der Waals surface area contributed by atoms with Crippen LogP contribution in [0.3, 0.4) is 0 Å². The number of aliphatic hydroxyl groups excluding tert-OH is 1. The van der Waals surface area contributed by atoms with Crippen LogP contribution in [0, 0.1) is 0 Å². The number of benzene rings is 2. The molecule has 0 bridgehead atoms. The van der Waals surface area contributed by atoms with E-state index in [1.807, 2.05) is 30.3 Å². The maximum absolute atomic E-state index is 15.5. The van der Waals surface area contributed by atoms with Gasteiger partial charge in [-0.25, -0.2) is 19.0 Å². The van der Waals surface area contributed by atoms with Crippen LogP contribution in [0.2, 0.25) is 5.28 Å². The number of nitrogens with one attached hydrogen (secondary N) is 2. The van der Waals surface area contributed by atoms with E-state index in [1.54, 1.807) is 12.1 Å². The van der Waals surface area contributed by atoms with Crippen LogP contribution in [0.1, 0.15) is 64.5 Å². The Morgan fingerprint density at radius 1 is 0.983 bits per heavy atom. The van der Waals surface area contributed by atoms with Crippen LogP contribution in [-0.2, 0) is 18.6 Å². The van der Waals surface area contributed by atoms with Gasteiger partial charge in [0.25, 0.3) is 0 Å². The molecule has 1 saturated heterocycles. The fourth-order valence-electron chi connectivity index (χ4n) is 6.08. The Labute approximate surface area is 343 Å². The molecule has 2 aromatic carbocycles. The van der Waals surface area contributed by atoms with Crippen molar-refractivity contribution in [2.24, 2.45) is 0 Å². The number of hydrogen-bond donors (Lipinski definition) is 4. The van der Waals surface area contributed by atoms with E-state index in [0.717, 1.165) is 43.9 Å². The average Bonchev–Trinajstić information content (AvgIpc) is 3.76. The number of anilines is 1. The molecule has 1 amide bonds. The van der Waals surface area contributed by atoms with Crippen molar-refractivity contribution < 1.29 is 32.6 Å². The third-order valence-corrected chi connectivity index (χ3v) is 10.8. The van der Waals surface area contributed by atoms with Gasteiger partial charge in [0.05, 0.1) is 12.9 Å². The minimum atomic E-state index is -4.20. The molecule has 1 aliphatic rings. The lowest BCUT2D eigenvalue weighted by Gasteiger charge is -2.23. The van der Waals surface area contributed by atoms with Gasteiger partial charge in [-0.1, -0.05) is 104 Å². The first-order chi connectivity index (χ1) is 28.2. The van der Waals surface area contributed by atoms with E-state index in [4.69, 9.17) is 31.1 Å². The molecule has 1 unspecified atom stereocenters. The number of fused-ring (bicyclic) bond motifs is 2. The second-order valence-electron chi connectivity index (χ2n) is 13.4. The summed E-state index contributed by atoms with van der Waals surface area (Å²) in [5.41, 5.74) is 6.19. The van der Waals surface area contributed by atoms with E-state index >= 15 is 4.39 Å². The molecule has 3 heterocycles. The van der Waals surface area contributed by atoms with Crippen molar-refractivity contribution in [1.29, 1.82) is 0 Å². The van der Waals surface area contributed by atoms with Gasteiger partial charge < -0.3 is 25.4 Å². The molecule has 5 rings (SSSR count). The number of ether oxygens (including phenoxy) is 1. The highest BCUT2D eigenvalue weighted by molar-refractivity contribution is 7.52. The molecule has 1 fully saturated rings. The first-order valence-corrected chi connectivity index (χ1v) is 21.4. The maximum Gasteiger partial charge on any atom is 0.458 e. The predicted molar refractivity (Wildman–Crippen MR) is 227 cm³/mol. The van der Waals surface area contributed by atoms with E-state index < -0.39 is 39.0 Å². The van der Waals surface area contributed by atoms with Gasteiger partial charge in [-0.05, 0) is 68.0 Å². The molecule has 0 spiro atoms. The number of aromatic nitrogens is 4. The zero-order valence-electron chi connectivity index (χ0n) is 32.5. The Morgan fingerprint density at radius 3 is 2.38 bits per heavy atom. The van der Waals surface area contributed by atoms with Crippen LogP contribution < -0.4 is 20.7 Å². The second kappa shape index (κ2) is 23.0. The van der Waals surface area contributed by atoms with Crippen molar-refractivity contribution in [3.63, 3.8) is 0 Å². The number of imidazole rings is 1. The molecule has 0 saturated carbocycles. The van der Waals surface area contributed by atoms with E-state index in [0.29, 0.717) is 18.2 Å². The fourth-order valence-corrected chi connectivity index (χ4v) is 7.60. The molecule has 16 heteroatoms. The Hall–Kier alpha value is -4.69. The van der Waals surface area contributed by atoms with E-state index in [2.05, 4.69) is 93.0 Å². The first kappa shape index (κ1) is 44.4. The van der Waals surface area contributed by atoms with Gasteiger partial charge in [0.2, 0.25) is 11.2 Å². The van der Waals surface area contributed by atoms with Gasteiger partial charge in [-0.3, -0.25) is 13.9 Å². The summed E-state index contributed by atoms with van der Waals surface area (Å²) in [5, 5.41) is 17.8. The smallest absolute Gasteiger partial charge is 0.413 e. The molecule has 0 radical (unpaired) electrons. The number of amides is 1. The third-order valence-electron chi connectivity index (χ3n) is 9.05. The van der Waals surface area contributed by atoms with Gasteiger partial charge >= 0.3 is 7.75 Å². The number of nitrogen functional groups attached to an aromatic ring is 1. The number of rotatable bonds is 23. The lowest BCUT2D eigenvalue weighted by molar-refractivity contribution is -0.121. The minimum absolute atomic E-state index is 0.00212. The lowest BCUT2D eigenvalue weighted by Crippen LogP contribution is -2.34. The highest BCUT2D eigenvalue weighted by Gasteiger charge is 2.47. The quantitative estimate of drug-likeness (QED) is 0.0244. The van der Waals surface area contributed by atoms with Crippen molar-refractivity contribution in [3.05, 3.63) is 115 Å². The number of alkyl halides is 1. The summed E-state index contributed by atoms with van der Waals surface area (Å²) in [6.07, 6.45) is 23.0. The van der Waals surface area contributed by atoms with E-state index in [9.17, 15) is 14.5 Å². The molecule has 5 N–H and O–H groups in total. The summed E-state index contributed by atoms with van der Waals surface area (Å²) in [6.45, 7) is 1.77. The van der Waals surface area contributed by atoms with Crippen LogP contribution in [-0.4, -0.2) is 68.6 Å². The number of hydrogen-bond acceptors (Lipinski definition) is 10. The Kier molecular flexibility index (Phi) is 17.6. The van der Waals surface area contributed by atoms with Gasteiger partial charge in [-0.15, -0.1) is 0 Å². The first-order valence-electron chi connectivity index (χ1n) is 19.5. The molecule has 58 heavy (non-hydrogen) atoms. The number of carbonyl (C=O) groups excluding carboxylic acids is 1. The Balaban J connectivity index is 1.07. The molecular weight excluding hydrogens is 784 g/mol. The second-order valence-corrected chi connectivity index (χ2v) is 15.5. The number of nitrogens with zero attached hydrogens (tertiary/aromatic N) is 4. The van der Waals surface area contributed by atoms with Crippen LogP contribution in [0.5, 0.6) is 5.75 Å². The molecule has 2 aromatic heterocycles. The fraction of sp³-hybridized carbons (Fsp3) is 0.381. The summed E-state index contributed by atoms with van der Waals surface area (Å²) in [7, 11) is -4.20. The number of unbranched alkanes of at least 4 members (excludes halogenated alkanes) is 1. The van der Waals surface area contributed by atoms with Gasteiger partial charge in [-0.2, -0.15) is 9.97 Å². The van der Waals surface area contributed by atoms with E-state index in [-0.39, 0.29) is 47.0 Å². The minimum Gasteiger partial charge on any atom is -0.413 e. The SMILES string of the molecule is CC/C=C/C/C=C\C/C=C\C/C=C\C/C=C\CCCC(=O)NCCNP(=O)(OC[C@H]1O[C@@H](n2cnc3c(N)nc(Cl)nc32)[C@@H](F)[C@@H]1O)Oc1cccc2ccccc12. The molecule has 310 valence electrons. The monoisotopic (exact) mass is 835 g/mol. The number of carbonyl (C=O) groups is 1.